The van der Waals surface area contributed by atoms with Crippen molar-refractivity contribution in [2.45, 2.75) is 25.0 Å². The smallest absolute Gasteiger partial charge is 0.252 e. The van der Waals surface area contributed by atoms with Crippen LogP contribution in [0.25, 0.3) is 16.5 Å². The van der Waals surface area contributed by atoms with Gasteiger partial charge in [-0.05, 0) is 24.1 Å². The van der Waals surface area contributed by atoms with Gasteiger partial charge in [0.15, 0.2) is 0 Å². The van der Waals surface area contributed by atoms with Crippen LogP contribution in [0.2, 0.25) is 0 Å². The van der Waals surface area contributed by atoms with E-state index in [-0.39, 0.29) is 6.10 Å². The largest absolute Gasteiger partial charge is 0.490 e. The minimum absolute atomic E-state index is 0.0784. The number of carbonyl (C=O) groups excluding carboxylic acids is 1. The van der Waals surface area contributed by atoms with Crippen molar-refractivity contribution >= 4 is 22.4 Å². The van der Waals surface area contributed by atoms with E-state index < -0.39 is 5.91 Å². The summed E-state index contributed by atoms with van der Waals surface area (Å²) in [5.74, 6) is 0.0731. The second kappa shape index (κ2) is 8.86. The van der Waals surface area contributed by atoms with E-state index in [2.05, 4.69) is 14.9 Å². The maximum atomic E-state index is 12.5. The molecule has 8 nitrogen and oxygen atoms in total. The molecular weight excluding hydrogens is 372 g/mol. The van der Waals surface area contributed by atoms with Crippen molar-refractivity contribution in [2.75, 3.05) is 40.0 Å². The number of likely N-dealkylation sites (tertiary alicyclic amines) is 1. The molecule has 0 radical (unpaired) electrons. The highest BCUT2D eigenvalue weighted by atomic mass is 16.5. The predicted octanol–water partition coefficient (Wildman–Crippen LogP) is 1.35. The third kappa shape index (κ3) is 4.39. The summed E-state index contributed by atoms with van der Waals surface area (Å²) in [6.07, 6.45) is 5.00. The van der Waals surface area contributed by atoms with Gasteiger partial charge in [0.2, 0.25) is 0 Å². The maximum absolute atomic E-state index is 12.5. The van der Waals surface area contributed by atoms with E-state index in [4.69, 9.17) is 19.9 Å². The summed E-state index contributed by atoms with van der Waals surface area (Å²) >= 11 is 0. The Morgan fingerprint density at radius 2 is 2.28 bits per heavy atom. The van der Waals surface area contributed by atoms with Gasteiger partial charge in [0.05, 0.1) is 37.5 Å². The monoisotopic (exact) mass is 398 g/mol. The van der Waals surface area contributed by atoms with Gasteiger partial charge in [0.25, 0.3) is 5.91 Å². The SMILES string of the molecule is COCC1CCN1CC(OC1CCOC1)=C(C(N)=O)c1ccc2ncncc2c1. The lowest BCUT2D eigenvalue weighted by Crippen LogP contribution is -2.51. The van der Waals surface area contributed by atoms with Gasteiger partial charge in [-0.15, -0.1) is 0 Å². The van der Waals surface area contributed by atoms with Crippen molar-refractivity contribution in [3.05, 3.63) is 42.0 Å². The number of methoxy groups -OCH3 is 1. The molecule has 29 heavy (non-hydrogen) atoms. The van der Waals surface area contributed by atoms with Crippen LogP contribution in [0.15, 0.2) is 36.5 Å². The number of ether oxygens (including phenoxy) is 3. The molecule has 2 aliphatic rings. The summed E-state index contributed by atoms with van der Waals surface area (Å²) in [5, 5.41) is 0.841. The summed E-state index contributed by atoms with van der Waals surface area (Å²) in [7, 11) is 1.70. The molecule has 4 rings (SSSR count). The van der Waals surface area contributed by atoms with Crippen LogP contribution in [0.1, 0.15) is 18.4 Å². The van der Waals surface area contributed by atoms with Crippen LogP contribution in [0.5, 0.6) is 0 Å². The molecule has 1 amide bonds. The quantitative estimate of drug-likeness (QED) is 0.529. The lowest BCUT2D eigenvalue weighted by atomic mass is 9.99. The molecule has 2 atom stereocenters. The van der Waals surface area contributed by atoms with Crippen LogP contribution >= 0.6 is 0 Å². The minimum Gasteiger partial charge on any atom is -0.490 e. The van der Waals surface area contributed by atoms with Crippen LogP contribution in [0.4, 0.5) is 0 Å². The molecule has 0 bridgehead atoms. The molecule has 3 heterocycles. The van der Waals surface area contributed by atoms with Crippen molar-refractivity contribution in [1.29, 1.82) is 0 Å². The first-order chi connectivity index (χ1) is 14.2. The Balaban J connectivity index is 1.71. The van der Waals surface area contributed by atoms with E-state index in [9.17, 15) is 4.79 Å². The third-order valence-electron chi connectivity index (χ3n) is 5.49. The Labute approximate surface area is 169 Å². The first kappa shape index (κ1) is 19.8. The minimum atomic E-state index is -0.515. The van der Waals surface area contributed by atoms with Gasteiger partial charge in [-0.3, -0.25) is 9.69 Å². The molecule has 1 aromatic heterocycles. The van der Waals surface area contributed by atoms with E-state index in [0.717, 1.165) is 30.3 Å². The molecule has 2 unspecified atom stereocenters. The number of nitrogens with zero attached hydrogens (tertiary/aromatic N) is 3. The number of aromatic nitrogens is 2. The number of primary amides is 1. The number of hydrogen-bond donors (Lipinski definition) is 1. The van der Waals surface area contributed by atoms with Crippen LogP contribution in [0, 0.1) is 0 Å². The fourth-order valence-corrected chi connectivity index (χ4v) is 3.83. The molecule has 1 aromatic carbocycles. The van der Waals surface area contributed by atoms with E-state index in [0.29, 0.717) is 49.3 Å². The van der Waals surface area contributed by atoms with Gasteiger partial charge < -0.3 is 19.9 Å². The molecule has 2 fully saturated rings. The Kier molecular flexibility index (Phi) is 6.03. The number of hydrogen-bond acceptors (Lipinski definition) is 7. The normalized spacial score (nSPS) is 22.9. The van der Waals surface area contributed by atoms with Gasteiger partial charge in [-0.2, -0.15) is 0 Å². The average molecular weight is 398 g/mol. The molecule has 2 aromatic rings. The fraction of sp³-hybridized carbons (Fsp3) is 0.476. The molecule has 8 heteroatoms. The van der Waals surface area contributed by atoms with Crippen molar-refractivity contribution in [1.82, 2.24) is 14.9 Å². The van der Waals surface area contributed by atoms with Crippen LogP contribution in [-0.2, 0) is 19.0 Å². The Hall–Kier alpha value is -2.55. The zero-order chi connectivity index (χ0) is 20.2. The number of carbonyl (C=O) groups is 1. The molecule has 2 saturated heterocycles. The average Bonchev–Trinajstić information content (AvgIpc) is 3.22. The summed E-state index contributed by atoms with van der Waals surface area (Å²) in [6.45, 7) is 3.26. The topological polar surface area (TPSA) is 99.8 Å². The van der Waals surface area contributed by atoms with Crippen molar-refractivity contribution < 1.29 is 19.0 Å². The molecule has 0 aliphatic carbocycles. The van der Waals surface area contributed by atoms with Gasteiger partial charge in [0.1, 0.15) is 18.2 Å². The van der Waals surface area contributed by atoms with Gasteiger partial charge in [-0.1, -0.05) is 6.07 Å². The zero-order valence-electron chi connectivity index (χ0n) is 16.5. The first-order valence-corrected chi connectivity index (χ1v) is 9.86. The molecule has 2 N–H and O–H groups in total. The summed E-state index contributed by atoms with van der Waals surface area (Å²) in [4.78, 5) is 23.1. The predicted molar refractivity (Wildman–Crippen MR) is 108 cm³/mol. The molecular formula is C21H26N4O4. The lowest BCUT2D eigenvalue weighted by Gasteiger charge is -2.41. The number of benzene rings is 1. The number of nitrogens with two attached hydrogens (primary N) is 1. The summed E-state index contributed by atoms with van der Waals surface area (Å²) in [6, 6.07) is 5.92. The first-order valence-electron chi connectivity index (χ1n) is 9.86. The molecule has 2 aliphatic heterocycles. The second-order valence-corrected chi connectivity index (χ2v) is 7.43. The van der Waals surface area contributed by atoms with Gasteiger partial charge >= 0.3 is 0 Å². The summed E-state index contributed by atoms with van der Waals surface area (Å²) in [5.41, 5.74) is 7.74. The highest BCUT2D eigenvalue weighted by molar-refractivity contribution is 6.20. The Morgan fingerprint density at radius 1 is 1.38 bits per heavy atom. The standard InChI is InChI=1S/C21H26N4O4/c1-27-11-16-4-6-25(16)10-19(29-17-5-7-28-12-17)20(21(22)26)14-2-3-18-15(8-14)9-23-13-24-18/h2-3,8-9,13,16-17H,4-7,10-12H2,1H3,(H2,22,26). The molecule has 0 spiro atoms. The van der Waals surface area contributed by atoms with Crippen molar-refractivity contribution in [3.63, 3.8) is 0 Å². The van der Waals surface area contributed by atoms with E-state index in [1.807, 2.05) is 18.2 Å². The van der Waals surface area contributed by atoms with E-state index >= 15 is 0 Å². The Bertz CT molecular complexity index is 910. The lowest BCUT2D eigenvalue weighted by molar-refractivity contribution is -0.113. The number of amides is 1. The van der Waals surface area contributed by atoms with Crippen molar-refractivity contribution in [2.24, 2.45) is 5.73 Å². The maximum Gasteiger partial charge on any atom is 0.252 e. The van der Waals surface area contributed by atoms with Crippen LogP contribution in [-0.4, -0.2) is 72.9 Å². The highest BCUT2D eigenvalue weighted by Gasteiger charge is 2.32. The molecule has 0 saturated carbocycles. The molecule has 154 valence electrons. The van der Waals surface area contributed by atoms with Crippen molar-refractivity contribution in [3.8, 4) is 0 Å². The van der Waals surface area contributed by atoms with Crippen LogP contribution < -0.4 is 5.73 Å². The summed E-state index contributed by atoms with van der Waals surface area (Å²) < 4.78 is 17.0. The van der Waals surface area contributed by atoms with Gasteiger partial charge in [0, 0.05) is 37.7 Å². The zero-order valence-corrected chi connectivity index (χ0v) is 16.5. The van der Waals surface area contributed by atoms with Crippen LogP contribution in [0.3, 0.4) is 0 Å². The fourth-order valence-electron chi connectivity index (χ4n) is 3.83. The number of rotatable bonds is 8. The highest BCUT2D eigenvalue weighted by Crippen LogP contribution is 2.28. The van der Waals surface area contributed by atoms with E-state index in [1.54, 1.807) is 13.3 Å². The van der Waals surface area contributed by atoms with E-state index in [1.165, 1.54) is 6.33 Å². The van der Waals surface area contributed by atoms with Gasteiger partial charge in [-0.25, -0.2) is 9.97 Å². The number of fused-ring (bicyclic) bond motifs is 1. The second-order valence-electron chi connectivity index (χ2n) is 7.43. The Morgan fingerprint density at radius 3 is 2.97 bits per heavy atom. The third-order valence-corrected chi connectivity index (χ3v) is 5.49.